The van der Waals surface area contributed by atoms with Gasteiger partial charge < -0.3 is 4.74 Å². The van der Waals surface area contributed by atoms with Crippen LogP contribution in [0, 0.1) is 17.2 Å². The molecule has 112 valence electrons. The standard InChI is InChI=1S/C13H15N3O4S/c1-20-13(17)10-4-3-7-16(9-10)21(18,19)12-5-2-6-15-11(12)8-14/h2,5-6,10H,3-4,7,9H2,1H3/t10-/m0/s1. The summed E-state index contributed by atoms with van der Waals surface area (Å²) in [4.78, 5) is 15.2. The molecule has 2 rings (SSSR count). The van der Waals surface area contributed by atoms with Crippen LogP contribution in [0.4, 0.5) is 0 Å². The van der Waals surface area contributed by atoms with Gasteiger partial charge in [-0.1, -0.05) is 0 Å². The average molecular weight is 309 g/mol. The molecule has 0 saturated carbocycles. The third-order valence-corrected chi connectivity index (χ3v) is 5.31. The molecule has 7 nitrogen and oxygen atoms in total. The number of nitrogens with zero attached hydrogens (tertiary/aromatic N) is 3. The van der Waals surface area contributed by atoms with Crippen LogP contribution < -0.4 is 0 Å². The van der Waals surface area contributed by atoms with Gasteiger partial charge in [0.1, 0.15) is 11.0 Å². The van der Waals surface area contributed by atoms with E-state index in [9.17, 15) is 13.2 Å². The highest BCUT2D eigenvalue weighted by Gasteiger charge is 2.35. The van der Waals surface area contributed by atoms with Crippen LogP contribution in [0.3, 0.4) is 0 Å². The van der Waals surface area contributed by atoms with Gasteiger partial charge in [-0.15, -0.1) is 0 Å². The van der Waals surface area contributed by atoms with Crippen LogP contribution in [0.15, 0.2) is 23.2 Å². The number of aromatic nitrogens is 1. The molecule has 0 N–H and O–H groups in total. The van der Waals surface area contributed by atoms with Crippen LogP contribution in [0.1, 0.15) is 18.5 Å². The normalized spacial score (nSPS) is 19.7. The van der Waals surface area contributed by atoms with Gasteiger partial charge in [0.2, 0.25) is 10.0 Å². The third kappa shape index (κ3) is 3.04. The lowest BCUT2D eigenvalue weighted by molar-refractivity contribution is -0.146. The lowest BCUT2D eigenvalue weighted by Crippen LogP contribution is -2.42. The van der Waals surface area contributed by atoms with Crippen molar-refractivity contribution in [2.75, 3.05) is 20.2 Å². The van der Waals surface area contributed by atoms with Crippen molar-refractivity contribution in [3.05, 3.63) is 24.0 Å². The number of nitriles is 1. The molecule has 1 aliphatic rings. The number of hydrogen-bond donors (Lipinski definition) is 0. The highest BCUT2D eigenvalue weighted by atomic mass is 32.2. The van der Waals surface area contributed by atoms with Gasteiger partial charge in [-0.2, -0.15) is 9.57 Å². The van der Waals surface area contributed by atoms with Crippen LogP contribution in [0.25, 0.3) is 0 Å². The van der Waals surface area contributed by atoms with Crippen LogP contribution >= 0.6 is 0 Å². The Hall–Kier alpha value is -1.98. The molecule has 0 spiro atoms. The molecule has 0 amide bonds. The van der Waals surface area contributed by atoms with Gasteiger partial charge in [0.15, 0.2) is 5.69 Å². The van der Waals surface area contributed by atoms with E-state index in [2.05, 4.69) is 9.72 Å². The fourth-order valence-corrected chi connectivity index (χ4v) is 3.96. The highest BCUT2D eigenvalue weighted by molar-refractivity contribution is 7.89. The number of carbonyl (C=O) groups excluding carboxylic acids is 1. The van der Waals surface area contributed by atoms with E-state index in [1.54, 1.807) is 6.07 Å². The first-order chi connectivity index (χ1) is 10.0. The van der Waals surface area contributed by atoms with E-state index in [0.717, 1.165) is 0 Å². The molecule has 0 unspecified atom stereocenters. The number of methoxy groups -OCH3 is 1. The number of pyridine rings is 1. The van der Waals surface area contributed by atoms with E-state index >= 15 is 0 Å². The van der Waals surface area contributed by atoms with E-state index in [1.807, 2.05) is 0 Å². The summed E-state index contributed by atoms with van der Waals surface area (Å²) in [5.41, 5.74) is -0.141. The van der Waals surface area contributed by atoms with Gasteiger partial charge in [-0.25, -0.2) is 13.4 Å². The number of piperidine rings is 1. The average Bonchev–Trinajstić information content (AvgIpc) is 2.54. The van der Waals surface area contributed by atoms with Crippen LogP contribution in [0.5, 0.6) is 0 Å². The first-order valence-corrected chi connectivity index (χ1v) is 7.87. The van der Waals surface area contributed by atoms with Crippen LogP contribution in [0.2, 0.25) is 0 Å². The molecular formula is C13H15N3O4S. The second kappa shape index (κ2) is 6.20. The van der Waals surface area contributed by atoms with Crippen molar-refractivity contribution in [3.8, 4) is 6.07 Å². The molecule has 21 heavy (non-hydrogen) atoms. The molecule has 2 heterocycles. The predicted molar refractivity (Wildman–Crippen MR) is 72.5 cm³/mol. The summed E-state index contributed by atoms with van der Waals surface area (Å²) in [5.74, 6) is -0.887. The summed E-state index contributed by atoms with van der Waals surface area (Å²) in [5, 5.41) is 8.99. The maximum atomic E-state index is 12.6. The molecule has 0 bridgehead atoms. The summed E-state index contributed by atoms with van der Waals surface area (Å²) in [6.45, 7) is 0.379. The van der Waals surface area contributed by atoms with Crippen molar-refractivity contribution in [1.82, 2.24) is 9.29 Å². The second-order valence-corrected chi connectivity index (χ2v) is 6.59. The summed E-state index contributed by atoms with van der Waals surface area (Å²) in [6.07, 6.45) is 2.53. The van der Waals surface area contributed by atoms with Crippen molar-refractivity contribution in [3.63, 3.8) is 0 Å². The molecular weight excluding hydrogens is 294 g/mol. The quantitative estimate of drug-likeness (QED) is 0.755. The molecule has 8 heteroatoms. The van der Waals surface area contributed by atoms with Gasteiger partial charge in [0.05, 0.1) is 13.0 Å². The zero-order valence-corrected chi connectivity index (χ0v) is 12.3. The van der Waals surface area contributed by atoms with Gasteiger partial charge in [-0.3, -0.25) is 4.79 Å². The van der Waals surface area contributed by atoms with E-state index < -0.39 is 21.9 Å². The van der Waals surface area contributed by atoms with Crippen molar-refractivity contribution >= 4 is 16.0 Å². The monoisotopic (exact) mass is 309 g/mol. The first-order valence-electron chi connectivity index (χ1n) is 6.43. The van der Waals surface area contributed by atoms with E-state index in [-0.39, 0.29) is 17.1 Å². The van der Waals surface area contributed by atoms with Gasteiger partial charge in [0.25, 0.3) is 0 Å². The maximum Gasteiger partial charge on any atom is 0.309 e. The number of rotatable bonds is 3. The maximum absolute atomic E-state index is 12.6. The predicted octanol–water partition coefficient (Wildman–Crippen LogP) is 0.527. The van der Waals surface area contributed by atoms with E-state index in [4.69, 9.17) is 5.26 Å². The lowest BCUT2D eigenvalue weighted by atomic mass is 10.0. The molecule has 1 fully saturated rings. The molecule has 1 aromatic heterocycles. The smallest absolute Gasteiger partial charge is 0.309 e. The molecule has 1 saturated heterocycles. The Morgan fingerprint density at radius 2 is 2.33 bits per heavy atom. The van der Waals surface area contributed by atoms with Crippen molar-refractivity contribution in [2.24, 2.45) is 5.92 Å². The van der Waals surface area contributed by atoms with Crippen molar-refractivity contribution in [2.45, 2.75) is 17.7 Å². The number of ether oxygens (including phenoxy) is 1. The molecule has 1 aromatic rings. The minimum absolute atomic E-state index is 0.0643. The van der Waals surface area contributed by atoms with Crippen LogP contribution in [-0.2, 0) is 19.6 Å². The Kier molecular flexibility index (Phi) is 4.55. The van der Waals surface area contributed by atoms with Gasteiger partial charge in [-0.05, 0) is 25.0 Å². The Balaban J connectivity index is 2.31. The number of esters is 1. The lowest BCUT2D eigenvalue weighted by Gasteiger charge is -2.30. The first kappa shape index (κ1) is 15.4. The fraction of sp³-hybridized carbons (Fsp3) is 0.462. The van der Waals surface area contributed by atoms with E-state index in [0.29, 0.717) is 19.4 Å². The minimum Gasteiger partial charge on any atom is -0.469 e. The largest absolute Gasteiger partial charge is 0.469 e. The number of hydrogen-bond acceptors (Lipinski definition) is 6. The van der Waals surface area contributed by atoms with Gasteiger partial charge in [0, 0.05) is 19.3 Å². The Bertz CT molecular complexity index is 681. The summed E-state index contributed by atoms with van der Waals surface area (Å²) in [6, 6.07) is 4.59. The SMILES string of the molecule is COC(=O)[C@H]1CCCN(S(=O)(=O)c2cccnc2C#N)C1. The van der Waals surface area contributed by atoms with Crippen molar-refractivity contribution in [1.29, 1.82) is 5.26 Å². The molecule has 0 aromatic carbocycles. The highest BCUT2D eigenvalue weighted by Crippen LogP contribution is 2.25. The minimum atomic E-state index is -3.84. The summed E-state index contributed by atoms with van der Waals surface area (Å²) in [7, 11) is -2.56. The molecule has 1 aliphatic heterocycles. The van der Waals surface area contributed by atoms with Gasteiger partial charge >= 0.3 is 5.97 Å². The molecule has 0 radical (unpaired) electrons. The third-order valence-electron chi connectivity index (χ3n) is 3.41. The zero-order chi connectivity index (χ0) is 15.5. The zero-order valence-electron chi connectivity index (χ0n) is 11.5. The Morgan fingerprint density at radius 1 is 1.57 bits per heavy atom. The number of carbonyl (C=O) groups is 1. The molecule has 0 aliphatic carbocycles. The Labute approximate surface area is 123 Å². The van der Waals surface area contributed by atoms with E-state index in [1.165, 1.54) is 29.7 Å². The topological polar surface area (TPSA) is 100 Å². The second-order valence-electron chi connectivity index (χ2n) is 4.69. The molecule has 1 atom stereocenters. The fourth-order valence-electron chi connectivity index (χ4n) is 2.34. The number of sulfonamides is 1. The summed E-state index contributed by atoms with van der Waals surface area (Å²) >= 11 is 0. The Morgan fingerprint density at radius 3 is 3.00 bits per heavy atom. The van der Waals surface area contributed by atoms with Crippen molar-refractivity contribution < 1.29 is 17.9 Å². The van der Waals surface area contributed by atoms with Crippen LogP contribution in [-0.4, -0.2) is 43.9 Å². The summed E-state index contributed by atoms with van der Waals surface area (Å²) < 4.78 is 31.1.